The molecule has 3 rings (SSSR count). The maximum Gasteiger partial charge on any atom is 0.167 e. The number of carbonyl (C=O) groups is 1. The van der Waals surface area contributed by atoms with Gasteiger partial charge < -0.3 is 18.9 Å². The van der Waals surface area contributed by atoms with Crippen molar-refractivity contribution in [3.8, 4) is 17.2 Å². The lowest BCUT2D eigenvalue weighted by Gasteiger charge is -2.32. The van der Waals surface area contributed by atoms with Gasteiger partial charge in [0.2, 0.25) is 0 Å². The predicted molar refractivity (Wildman–Crippen MR) is 116 cm³/mol. The third kappa shape index (κ3) is 5.12. The minimum absolute atomic E-state index is 0.0199. The molecule has 2 aromatic rings. The molecule has 1 heterocycles. The molecular formula is C24H31NO5. The predicted octanol–water partition coefficient (Wildman–Crippen LogP) is 3.95. The largest absolute Gasteiger partial charge is 0.496 e. The van der Waals surface area contributed by atoms with Crippen molar-refractivity contribution in [1.82, 2.24) is 4.90 Å². The van der Waals surface area contributed by atoms with Crippen LogP contribution in [-0.2, 0) is 17.9 Å². The van der Waals surface area contributed by atoms with Crippen molar-refractivity contribution in [2.24, 2.45) is 5.92 Å². The molecule has 0 saturated carbocycles. The fraction of sp³-hybridized carbons (Fsp3) is 0.458. The van der Waals surface area contributed by atoms with E-state index in [1.54, 1.807) is 40.6 Å². The van der Waals surface area contributed by atoms with E-state index in [0.717, 1.165) is 43.8 Å². The Labute approximate surface area is 178 Å². The lowest BCUT2D eigenvalue weighted by molar-refractivity contribution is 0.0811. The zero-order valence-electron chi connectivity index (χ0n) is 18.3. The molecule has 1 aliphatic rings. The van der Waals surface area contributed by atoms with Crippen LogP contribution in [0.15, 0.2) is 36.4 Å². The molecule has 0 spiro atoms. The van der Waals surface area contributed by atoms with Crippen molar-refractivity contribution in [2.45, 2.75) is 26.0 Å². The molecule has 0 aromatic heterocycles. The van der Waals surface area contributed by atoms with Crippen LogP contribution in [0.5, 0.6) is 17.2 Å². The number of carbonyl (C=O) groups excluding carboxylic acids is 1. The monoisotopic (exact) mass is 413 g/mol. The highest BCUT2D eigenvalue weighted by Crippen LogP contribution is 2.30. The summed E-state index contributed by atoms with van der Waals surface area (Å²) in [6.07, 6.45) is 1.91. The van der Waals surface area contributed by atoms with Gasteiger partial charge in [0, 0.05) is 37.2 Å². The standard InChI is InChI=1S/C24H31NO5/c1-27-16-20-12-17(7-9-21(20)28-2)14-25-11-5-6-19(15-25)24(26)18-8-10-22(29-3)23(13-18)30-4/h7-10,12-13,19H,5-6,11,14-16H2,1-4H3/t19-/m0/s1. The van der Waals surface area contributed by atoms with E-state index in [0.29, 0.717) is 23.7 Å². The number of rotatable bonds is 9. The van der Waals surface area contributed by atoms with Crippen LogP contribution in [0.25, 0.3) is 0 Å². The molecule has 0 radical (unpaired) electrons. The molecule has 6 nitrogen and oxygen atoms in total. The smallest absolute Gasteiger partial charge is 0.167 e. The van der Waals surface area contributed by atoms with Gasteiger partial charge in [-0.15, -0.1) is 0 Å². The Balaban J connectivity index is 1.69. The summed E-state index contributed by atoms with van der Waals surface area (Å²) in [5.41, 5.74) is 2.90. The Morgan fingerprint density at radius 2 is 1.70 bits per heavy atom. The van der Waals surface area contributed by atoms with Gasteiger partial charge >= 0.3 is 0 Å². The molecule has 162 valence electrons. The molecule has 0 amide bonds. The molecule has 1 atom stereocenters. The zero-order valence-corrected chi connectivity index (χ0v) is 18.3. The van der Waals surface area contributed by atoms with E-state index < -0.39 is 0 Å². The SMILES string of the molecule is COCc1cc(CN2CCC[C@H](C(=O)c3ccc(OC)c(OC)c3)C2)ccc1OC. The van der Waals surface area contributed by atoms with E-state index in [1.165, 1.54) is 5.56 Å². The molecule has 2 aromatic carbocycles. The molecule has 1 saturated heterocycles. The zero-order chi connectivity index (χ0) is 21.5. The Hall–Kier alpha value is -2.57. The fourth-order valence-electron chi connectivity index (χ4n) is 4.10. The Kier molecular flexibility index (Phi) is 7.71. The fourth-order valence-corrected chi connectivity index (χ4v) is 4.10. The average Bonchev–Trinajstić information content (AvgIpc) is 2.78. The molecule has 0 N–H and O–H groups in total. The summed E-state index contributed by atoms with van der Waals surface area (Å²) in [5, 5.41) is 0. The molecular weight excluding hydrogens is 382 g/mol. The van der Waals surface area contributed by atoms with Gasteiger partial charge in [0.1, 0.15) is 5.75 Å². The van der Waals surface area contributed by atoms with E-state index in [2.05, 4.69) is 17.0 Å². The van der Waals surface area contributed by atoms with Crippen LogP contribution in [0.2, 0.25) is 0 Å². The lowest BCUT2D eigenvalue weighted by Crippen LogP contribution is -2.38. The number of likely N-dealkylation sites (tertiary alicyclic amines) is 1. The molecule has 6 heteroatoms. The number of hydrogen-bond acceptors (Lipinski definition) is 6. The number of piperidine rings is 1. The van der Waals surface area contributed by atoms with Crippen molar-refractivity contribution >= 4 is 5.78 Å². The van der Waals surface area contributed by atoms with Gasteiger partial charge in [-0.2, -0.15) is 0 Å². The van der Waals surface area contributed by atoms with Crippen molar-refractivity contribution in [1.29, 1.82) is 0 Å². The maximum atomic E-state index is 13.1. The highest BCUT2D eigenvalue weighted by atomic mass is 16.5. The van der Waals surface area contributed by atoms with Gasteiger partial charge in [-0.1, -0.05) is 6.07 Å². The second kappa shape index (κ2) is 10.5. The number of ether oxygens (including phenoxy) is 4. The summed E-state index contributed by atoms with van der Waals surface area (Å²) in [6.45, 7) is 3.05. The molecule has 1 aliphatic heterocycles. The first-order valence-corrected chi connectivity index (χ1v) is 10.2. The van der Waals surface area contributed by atoms with E-state index in [9.17, 15) is 4.79 Å². The highest BCUT2D eigenvalue weighted by Gasteiger charge is 2.27. The van der Waals surface area contributed by atoms with Gasteiger partial charge in [0.25, 0.3) is 0 Å². The van der Waals surface area contributed by atoms with Crippen LogP contribution in [0.4, 0.5) is 0 Å². The third-order valence-electron chi connectivity index (χ3n) is 5.60. The average molecular weight is 414 g/mol. The van der Waals surface area contributed by atoms with E-state index in [4.69, 9.17) is 18.9 Å². The van der Waals surface area contributed by atoms with Gasteiger partial charge in [-0.3, -0.25) is 9.69 Å². The van der Waals surface area contributed by atoms with E-state index in [1.807, 2.05) is 12.1 Å². The number of hydrogen-bond donors (Lipinski definition) is 0. The van der Waals surface area contributed by atoms with Crippen LogP contribution >= 0.6 is 0 Å². The molecule has 0 bridgehead atoms. The maximum absolute atomic E-state index is 13.1. The molecule has 0 aliphatic carbocycles. The first-order chi connectivity index (χ1) is 14.6. The number of methoxy groups -OCH3 is 4. The van der Waals surface area contributed by atoms with Crippen LogP contribution in [0.3, 0.4) is 0 Å². The van der Waals surface area contributed by atoms with E-state index in [-0.39, 0.29) is 11.7 Å². The topological polar surface area (TPSA) is 57.2 Å². The molecule has 0 unspecified atom stereocenters. The lowest BCUT2D eigenvalue weighted by atomic mass is 9.89. The first kappa shape index (κ1) is 22.1. The number of ketones is 1. The second-order valence-electron chi connectivity index (χ2n) is 7.59. The summed E-state index contributed by atoms with van der Waals surface area (Å²) < 4.78 is 21.3. The highest BCUT2D eigenvalue weighted by molar-refractivity contribution is 5.98. The minimum atomic E-state index is -0.0199. The van der Waals surface area contributed by atoms with Crippen molar-refractivity contribution in [3.63, 3.8) is 0 Å². The Morgan fingerprint density at radius 3 is 2.40 bits per heavy atom. The Morgan fingerprint density at radius 1 is 0.967 bits per heavy atom. The van der Waals surface area contributed by atoms with Crippen LogP contribution in [0, 0.1) is 5.92 Å². The quantitative estimate of drug-likeness (QED) is 0.580. The van der Waals surface area contributed by atoms with Crippen molar-refractivity contribution in [2.75, 3.05) is 41.5 Å². The Bertz CT molecular complexity index is 867. The van der Waals surface area contributed by atoms with Gasteiger partial charge in [-0.05, 0) is 55.3 Å². The number of benzene rings is 2. The summed E-state index contributed by atoms with van der Waals surface area (Å²) in [7, 11) is 6.53. The minimum Gasteiger partial charge on any atom is -0.496 e. The number of Topliss-reactive ketones (excluding diaryl/α,β-unsaturated/α-hetero) is 1. The first-order valence-electron chi connectivity index (χ1n) is 10.2. The van der Waals surface area contributed by atoms with Gasteiger partial charge in [0.15, 0.2) is 17.3 Å². The van der Waals surface area contributed by atoms with Crippen molar-refractivity contribution in [3.05, 3.63) is 53.1 Å². The van der Waals surface area contributed by atoms with Crippen molar-refractivity contribution < 1.29 is 23.7 Å². The summed E-state index contributed by atoms with van der Waals surface area (Å²) in [6, 6.07) is 11.6. The van der Waals surface area contributed by atoms with Crippen LogP contribution in [0.1, 0.15) is 34.3 Å². The van der Waals surface area contributed by atoms with Gasteiger partial charge in [-0.25, -0.2) is 0 Å². The van der Waals surface area contributed by atoms with E-state index >= 15 is 0 Å². The summed E-state index contributed by atoms with van der Waals surface area (Å²) >= 11 is 0. The summed E-state index contributed by atoms with van der Waals surface area (Å²) in [4.78, 5) is 15.5. The van der Waals surface area contributed by atoms with Crippen LogP contribution < -0.4 is 14.2 Å². The summed E-state index contributed by atoms with van der Waals surface area (Å²) in [5.74, 6) is 2.19. The normalized spacial score (nSPS) is 16.9. The molecule has 30 heavy (non-hydrogen) atoms. The second-order valence-corrected chi connectivity index (χ2v) is 7.59. The van der Waals surface area contributed by atoms with Gasteiger partial charge in [0.05, 0.1) is 27.9 Å². The number of nitrogens with zero attached hydrogens (tertiary/aromatic N) is 1. The molecule has 1 fully saturated rings. The van der Waals surface area contributed by atoms with Crippen LogP contribution in [-0.4, -0.2) is 52.2 Å². The third-order valence-corrected chi connectivity index (χ3v) is 5.60.